The van der Waals surface area contributed by atoms with Gasteiger partial charge in [0.15, 0.2) is 0 Å². The van der Waals surface area contributed by atoms with Crippen molar-refractivity contribution in [3.8, 4) is 5.69 Å². The molecule has 0 atom stereocenters. The fourth-order valence-corrected chi connectivity index (χ4v) is 1.96. The summed E-state index contributed by atoms with van der Waals surface area (Å²) in [6, 6.07) is 8.82. The van der Waals surface area contributed by atoms with E-state index in [1.54, 1.807) is 0 Å². The third kappa shape index (κ3) is 3.82. The Balaban J connectivity index is 2.10. The van der Waals surface area contributed by atoms with Crippen LogP contribution in [0.1, 0.15) is 22.5 Å². The minimum atomic E-state index is -0.269. The van der Waals surface area contributed by atoms with Gasteiger partial charge in [0.25, 0.3) is 11.5 Å². The molecule has 1 aromatic heterocycles. The second-order valence-electron chi connectivity index (χ2n) is 4.89. The molecule has 6 nitrogen and oxygen atoms in total. The van der Waals surface area contributed by atoms with Crippen LogP contribution in [-0.4, -0.2) is 35.8 Å². The Hall–Kier alpha value is -2.34. The predicted molar refractivity (Wildman–Crippen MR) is 82.0 cm³/mol. The number of aryl methyl sites for hydroxylation is 1. The summed E-state index contributed by atoms with van der Waals surface area (Å²) in [5.74, 6) is -0.269. The second-order valence-corrected chi connectivity index (χ2v) is 4.89. The van der Waals surface area contributed by atoms with Gasteiger partial charge in [0.1, 0.15) is 5.69 Å². The molecule has 1 heterocycles. The average Bonchev–Trinajstić information content (AvgIpc) is 2.86. The van der Waals surface area contributed by atoms with Crippen LogP contribution >= 0.6 is 0 Å². The van der Waals surface area contributed by atoms with E-state index in [1.807, 2.05) is 38.2 Å². The molecule has 1 aromatic carbocycles. The molecule has 0 fully saturated rings. The largest absolute Gasteiger partial charge is 0.351 e. The zero-order valence-electron chi connectivity index (χ0n) is 12.3. The topological polar surface area (TPSA) is 78.9 Å². The molecule has 1 amide bonds. The van der Waals surface area contributed by atoms with Gasteiger partial charge < -0.3 is 10.6 Å². The maximum Gasteiger partial charge on any atom is 0.271 e. The number of benzene rings is 1. The van der Waals surface area contributed by atoms with Gasteiger partial charge in [-0.1, -0.05) is 17.7 Å². The van der Waals surface area contributed by atoms with E-state index in [-0.39, 0.29) is 17.2 Å². The number of aromatic nitrogens is 2. The summed E-state index contributed by atoms with van der Waals surface area (Å²) >= 11 is 0. The van der Waals surface area contributed by atoms with E-state index in [9.17, 15) is 9.59 Å². The Morgan fingerprint density at radius 2 is 1.95 bits per heavy atom. The number of rotatable bonds is 6. The quantitative estimate of drug-likeness (QED) is 0.688. The van der Waals surface area contributed by atoms with Gasteiger partial charge in [0, 0.05) is 12.6 Å². The van der Waals surface area contributed by atoms with Gasteiger partial charge in [0.05, 0.1) is 5.69 Å². The highest BCUT2D eigenvalue weighted by molar-refractivity contribution is 5.92. The van der Waals surface area contributed by atoms with Crippen LogP contribution in [0.2, 0.25) is 0 Å². The van der Waals surface area contributed by atoms with E-state index in [2.05, 4.69) is 15.7 Å². The normalized spacial score (nSPS) is 10.6. The molecule has 0 saturated carbocycles. The molecule has 112 valence electrons. The molecule has 6 heteroatoms. The average molecular weight is 288 g/mol. The molecule has 0 spiro atoms. The number of nitrogens with zero attached hydrogens (tertiary/aromatic N) is 1. The number of hydrogen-bond donors (Lipinski definition) is 3. The number of carbonyl (C=O) groups is 1. The summed E-state index contributed by atoms with van der Waals surface area (Å²) in [7, 11) is 1.86. The van der Waals surface area contributed by atoms with E-state index in [1.165, 1.54) is 10.7 Å². The second kappa shape index (κ2) is 6.90. The fourth-order valence-electron chi connectivity index (χ4n) is 1.96. The first-order chi connectivity index (χ1) is 10.1. The van der Waals surface area contributed by atoms with Gasteiger partial charge in [-0.15, -0.1) is 0 Å². The van der Waals surface area contributed by atoms with Crippen LogP contribution in [0.15, 0.2) is 35.1 Å². The van der Waals surface area contributed by atoms with Crippen molar-refractivity contribution in [3.63, 3.8) is 0 Å². The first-order valence-corrected chi connectivity index (χ1v) is 6.93. The van der Waals surface area contributed by atoms with Crippen molar-refractivity contribution in [2.45, 2.75) is 13.3 Å². The van der Waals surface area contributed by atoms with E-state index in [0.29, 0.717) is 12.2 Å². The first-order valence-electron chi connectivity index (χ1n) is 6.93. The van der Waals surface area contributed by atoms with Crippen molar-refractivity contribution in [1.29, 1.82) is 0 Å². The lowest BCUT2D eigenvalue weighted by atomic mass is 10.2. The van der Waals surface area contributed by atoms with Crippen molar-refractivity contribution >= 4 is 5.91 Å². The van der Waals surface area contributed by atoms with E-state index >= 15 is 0 Å². The number of carbonyl (C=O) groups excluding carboxylic acids is 1. The van der Waals surface area contributed by atoms with Gasteiger partial charge in [-0.25, -0.2) is 4.68 Å². The van der Waals surface area contributed by atoms with Gasteiger partial charge >= 0.3 is 0 Å². The SMILES string of the molecule is CNCCCNC(=O)c1cc(=O)n(-c2ccc(C)cc2)[nH]1. The molecule has 0 aliphatic heterocycles. The maximum atomic E-state index is 11.9. The van der Waals surface area contributed by atoms with Crippen LogP contribution in [0.25, 0.3) is 5.69 Å². The summed E-state index contributed by atoms with van der Waals surface area (Å²) < 4.78 is 1.36. The standard InChI is InChI=1S/C15H20N4O2/c1-11-4-6-12(7-5-11)19-14(20)10-13(18-19)15(21)17-9-3-8-16-2/h4-7,10,16,18H,3,8-9H2,1-2H3,(H,17,21). The Labute approximate surface area is 123 Å². The number of H-pyrrole nitrogens is 1. The predicted octanol–water partition coefficient (Wildman–Crippen LogP) is 0.813. The molecule has 3 N–H and O–H groups in total. The Bertz CT molecular complexity index is 655. The van der Waals surface area contributed by atoms with Crippen molar-refractivity contribution in [3.05, 3.63) is 51.9 Å². The number of aromatic amines is 1. The van der Waals surface area contributed by atoms with E-state index in [4.69, 9.17) is 0 Å². The molecule has 2 rings (SSSR count). The van der Waals surface area contributed by atoms with Gasteiger partial charge in [-0.2, -0.15) is 0 Å². The fraction of sp³-hybridized carbons (Fsp3) is 0.333. The highest BCUT2D eigenvalue weighted by atomic mass is 16.2. The van der Waals surface area contributed by atoms with Crippen molar-refractivity contribution < 1.29 is 4.79 Å². The molecule has 0 saturated heterocycles. The lowest BCUT2D eigenvalue weighted by Crippen LogP contribution is -2.27. The molecular formula is C15H20N4O2. The van der Waals surface area contributed by atoms with Gasteiger partial charge in [-0.3, -0.25) is 14.7 Å². The van der Waals surface area contributed by atoms with E-state index < -0.39 is 0 Å². The summed E-state index contributed by atoms with van der Waals surface area (Å²) in [5, 5.41) is 8.61. The minimum Gasteiger partial charge on any atom is -0.351 e. The Kier molecular flexibility index (Phi) is 4.94. The molecule has 0 aliphatic rings. The first kappa shape index (κ1) is 15.1. The van der Waals surface area contributed by atoms with Crippen molar-refractivity contribution in [2.75, 3.05) is 20.1 Å². The molecule has 2 aromatic rings. The molecule has 0 bridgehead atoms. The molecule has 0 radical (unpaired) electrons. The minimum absolute atomic E-state index is 0.251. The maximum absolute atomic E-state index is 11.9. The smallest absolute Gasteiger partial charge is 0.271 e. The number of nitrogens with one attached hydrogen (secondary N) is 3. The summed E-state index contributed by atoms with van der Waals surface area (Å²) in [5.41, 5.74) is 1.84. The lowest BCUT2D eigenvalue weighted by molar-refractivity contribution is 0.0948. The zero-order chi connectivity index (χ0) is 15.2. The monoisotopic (exact) mass is 288 g/mol. The van der Waals surface area contributed by atoms with Gasteiger partial charge in [-0.05, 0) is 39.1 Å². The third-order valence-electron chi connectivity index (χ3n) is 3.15. The molecular weight excluding hydrogens is 268 g/mol. The van der Waals surface area contributed by atoms with Crippen molar-refractivity contribution in [2.24, 2.45) is 0 Å². The van der Waals surface area contributed by atoms with Crippen LogP contribution in [0.3, 0.4) is 0 Å². The molecule has 0 aliphatic carbocycles. The van der Waals surface area contributed by atoms with Crippen LogP contribution in [0.4, 0.5) is 0 Å². The van der Waals surface area contributed by atoms with Crippen LogP contribution < -0.4 is 16.2 Å². The summed E-state index contributed by atoms with van der Waals surface area (Å²) in [6.07, 6.45) is 0.838. The third-order valence-corrected chi connectivity index (χ3v) is 3.15. The van der Waals surface area contributed by atoms with E-state index in [0.717, 1.165) is 18.5 Å². The molecule has 0 unspecified atom stereocenters. The van der Waals surface area contributed by atoms with Crippen molar-refractivity contribution in [1.82, 2.24) is 20.4 Å². The molecule has 21 heavy (non-hydrogen) atoms. The Morgan fingerprint density at radius 1 is 1.24 bits per heavy atom. The lowest BCUT2D eigenvalue weighted by Gasteiger charge is -2.04. The van der Waals surface area contributed by atoms with Crippen LogP contribution in [0.5, 0.6) is 0 Å². The Morgan fingerprint density at radius 3 is 2.62 bits per heavy atom. The number of amides is 1. The summed E-state index contributed by atoms with van der Waals surface area (Å²) in [4.78, 5) is 23.9. The van der Waals surface area contributed by atoms with Crippen LogP contribution in [0, 0.1) is 6.92 Å². The number of hydrogen-bond acceptors (Lipinski definition) is 3. The zero-order valence-corrected chi connectivity index (χ0v) is 12.3. The highest BCUT2D eigenvalue weighted by Crippen LogP contribution is 2.06. The van der Waals surface area contributed by atoms with Gasteiger partial charge in [0.2, 0.25) is 0 Å². The highest BCUT2D eigenvalue weighted by Gasteiger charge is 2.11. The summed E-state index contributed by atoms with van der Waals surface area (Å²) in [6.45, 7) is 3.38. The van der Waals surface area contributed by atoms with Crippen LogP contribution in [-0.2, 0) is 0 Å².